The van der Waals surface area contributed by atoms with Crippen LogP contribution in [0.4, 0.5) is 0 Å². The van der Waals surface area contributed by atoms with Gasteiger partial charge in [0.15, 0.2) is 0 Å². The van der Waals surface area contributed by atoms with Crippen LogP contribution in [0.15, 0.2) is 78.9 Å². The largest absolute Gasteiger partial charge is 0.494 e. The zero-order valence-electron chi connectivity index (χ0n) is 21.4. The molecule has 1 N–H and O–H groups in total. The number of para-hydroxylation sites is 2. The van der Waals surface area contributed by atoms with Crippen molar-refractivity contribution in [2.45, 2.75) is 57.9 Å². The number of rotatable bonds is 15. The molecule has 4 aromatic rings. The molecule has 1 aromatic heterocycles. The lowest BCUT2D eigenvalue weighted by Gasteiger charge is -2.10. The topological polar surface area (TPSA) is 56.2 Å². The predicted molar refractivity (Wildman–Crippen MR) is 151 cm³/mol. The Morgan fingerprint density at radius 2 is 1.62 bits per heavy atom. The predicted octanol–water partition coefficient (Wildman–Crippen LogP) is 7.01. The molecule has 0 saturated heterocycles. The van der Waals surface area contributed by atoms with Crippen molar-refractivity contribution in [3.05, 3.63) is 95.3 Å². The first kappa shape index (κ1) is 26.7. The molecule has 0 aliphatic carbocycles. The van der Waals surface area contributed by atoms with E-state index in [9.17, 15) is 4.79 Å². The number of unbranched alkanes of at least 4 members (excludes halogenated alkanes) is 3. The Morgan fingerprint density at radius 1 is 0.838 bits per heavy atom. The first-order chi connectivity index (χ1) is 18.2. The minimum atomic E-state index is 0.130. The van der Waals surface area contributed by atoms with Crippen LogP contribution in [0, 0.1) is 0 Å². The smallest absolute Gasteiger partial charge is 0.220 e. The van der Waals surface area contributed by atoms with Gasteiger partial charge in [-0.2, -0.15) is 0 Å². The van der Waals surface area contributed by atoms with Crippen LogP contribution in [0.25, 0.3) is 11.0 Å². The summed E-state index contributed by atoms with van der Waals surface area (Å²) in [6.07, 6.45) is 7.38. The summed E-state index contributed by atoms with van der Waals surface area (Å²) in [6, 6.07) is 26.0. The summed E-state index contributed by atoms with van der Waals surface area (Å²) in [4.78, 5) is 17.0. The Bertz CT molecular complexity index is 1240. The summed E-state index contributed by atoms with van der Waals surface area (Å²) in [6.45, 7) is 2.34. The second kappa shape index (κ2) is 14.4. The number of nitrogens with one attached hydrogen (secondary N) is 1. The van der Waals surface area contributed by atoms with Gasteiger partial charge in [-0.3, -0.25) is 4.79 Å². The summed E-state index contributed by atoms with van der Waals surface area (Å²) >= 11 is 5.94. The number of fused-ring (bicyclic) bond motifs is 1. The first-order valence-electron chi connectivity index (χ1n) is 13.3. The highest BCUT2D eigenvalue weighted by atomic mass is 35.5. The number of amides is 1. The van der Waals surface area contributed by atoms with Crippen molar-refractivity contribution < 1.29 is 9.53 Å². The van der Waals surface area contributed by atoms with E-state index in [0.29, 0.717) is 13.0 Å². The van der Waals surface area contributed by atoms with E-state index in [4.69, 9.17) is 21.3 Å². The average Bonchev–Trinajstić information content (AvgIpc) is 3.28. The van der Waals surface area contributed by atoms with E-state index >= 15 is 0 Å². The number of hydrogen-bond acceptors (Lipinski definition) is 3. The van der Waals surface area contributed by atoms with Crippen molar-refractivity contribution in [2.75, 3.05) is 13.2 Å². The number of aromatic nitrogens is 2. The minimum Gasteiger partial charge on any atom is -0.494 e. The molecule has 0 saturated carbocycles. The fraction of sp³-hybridized carbons (Fsp3) is 0.355. The van der Waals surface area contributed by atoms with E-state index in [1.54, 1.807) is 0 Å². The van der Waals surface area contributed by atoms with Crippen molar-refractivity contribution in [1.82, 2.24) is 14.9 Å². The quantitative estimate of drug-likeness (QED) is 0.172. The molecule has 0 spiro atoms. The number of imidazole rings is 1. The zero-order valence-corrected chi connectivity index (χ0v) is 22.1. The van der Waals surface area contributed by atoms with E-state index in [2.05, 4.69) is 40.2 Å². The number of carbonyl (C=O) groups excluding carboxylic acids is 1. The van der Waals surface area contributed by atoms with Crippen molar-refractivity contribution in [3.8, 4) is 5.75 Å². The van der Waals surface area contributed by atoms with Crippen molar-refractivity contribution in [2.24, 2.45) is 0 Å². The third-order valence-electron chi connectivity index (χ3n) is 6.47. The van der Waals surface area contributed by atoms with E-state index < -0.39 is 0 Å². The summed E-state index contributed by atoms with van der Waals surface area (Å²) in [5.41, 5.74) is 3.46. The Morgan fingerprint density at radius 3 is 2.46 bits per heavy atom. The second-order valence-corrected chi connectivity index (χ2v) is 9.76. The van der Waals surface area contributed by atoms with E-state index in [0.717, 1.165) is 80.1 Å². The van der Waals surface area contributed by atoms with Crippen LogP contribution in [0.1, 0.15) is 49.9 Å². The maximum Gasteiger partial charge on any atom is 0.220 e. The molecule has 37 heavy (non-hydrogen) atoms. The minimum absolute atomic E-state index is 0.130. The number of nitrogens with zero attached hydrogens (tertiary/aromatic N) is 2. The van der Waals surface area contributed by atoms with Gasteiger partial charge in [0.25, 0.3) is 0 Å². The van der Waals surface area contributed by atoms with Gasteiger partial charge in [0.2, 0.25) is 5.91 Å². The van der Waals surface area contributed by atoms with Crippen LogP contribution < -0.4 is 10.1 Å². The molecule has 0 radical (unpaired) electrons. The van der Waals surface area contributed by atoms with Crippen LogP contribution in [-0.2, 0) is 24.2 Å². The molecule has 0 fully saturated rings. The van der Waals surface area contributed by atoms with Gasteiger partial charge < -0.3 is 14.6 Å². The zero-order chi connectivity index (χ0) is 25.7. The Balaban J connectivity index is 1.16. The standard InChI is InChI=1S/C31H36ClN3O2/c32-26-17-19-27(20-18-26)37-24-10-9-23-35-29-14-7-6-13-28(29)34-30(35)15-5-2-8-22-33-31(36)21-16-25-11-3-1-4-12-25/h1,3-4,6-7,11-14,17-20H,2,5,8-10,15-16,21-24H2,(H,33,36). The number of benzene rings is 3. The van der Waals surface area contributed by atoms with Gasteiger partial charge in [-0.1, -0.05) is 60.5 Å². The Kier molecular flexibility index (Phi) is 10.4. The van der Waals surface area contributed by atoms with Crippen LogP contribution in [0.3, 0.4) is 0 Å². The summed E-state index contributed by atoms with van der Waals surface area (Å²) < 4.78 is 8.21. The highest BCUT2D eigenvalue weighted by Gasteiger charge is 2.10. The van der Waals surface area contributed by atoms with E-state index in [1.807, 2.05) is 48.5 Å². The van der Waals surface area contributed by atoms with Gasteiger partial charge in [0.1, 0.15) is 11.6 Å². The molecule has 1 amide bonds. The molecule has 0 aliphatic rings. The molecule has 5 nitrogen and oxygen atoms in total. The second-order valence-electron chi connectivity index (χ2n) is 9.32. The summed E-state index contributed by atoms with van der Waals surface area (Å²) in [7, 11) is 0. The number of carbonyl (C=O) groups is 1. The molecule has 3 aromatic carbocycles. The normalized spacial score (nSPS) is 11.1. The Hall–Kier alpha value is -3.31. The average molecular weight is 518 g/mol. The van der Waals surface area contributed by atoms with Crippen molar-refractivity contribution in [1.29, 1.82) is 0 Å². The van der Waals surface area contributed by atoms with E-state index in [1.165, 1.54) is 11.1 Å². The summed E-state index contributed by atoms with van der Waals surface area (Å²) in [5.74, 6) is 2.13. The van der Waals surface area contributed by atoms with Gasteiger partial charge in [0, 0.05) is 31.0 Å². The SMILES string of the molecule is O=C(CCc1ccccc1)NCCCCCc1nc2ccccc2n1CCCCOc1ccc(Cl)cc1. The number of aryl methyl sites for hydroxylation is 3. The van der Waals surface area contributed by atoms with Crippen molar-refractivity contribution >= 4 is 28.5 Å². The van der Waals surface area contributed by atoms with Gasteiger partial charge in [-0.25, -0.2) is 4.98 Å². The van der Waals surface area contributed by atoms with Crippen LogP contribution in [0.5, 0.6) is 5.75 Å². The highest BCUT2D eigenvalue weighted by Crippen LogP contribution is 2.19. The third-order valence-corrected chi connectivity index (χ3v) is 6.73. The van der Waals surface area contributed by atoms with Gasteiger partial charge in [-0.05, 0) is 74.1 Å². The molecule has 194 valence electrons. The van der Waals surface area contributed by atoms with Crippen molar-refractivity contribution in [3.63, 3.8) is 0 Å². The highest BCUT2D eigenvalue weighted by molar-refractivity contribution is 6.30. The number of halogens is 1. The fourth-order valence-corrected chi connectivity index (χ4v) is 4.59. The summed E-state index contributed by atoms with van der Waals surface area (Å²) in [5, 5.41) is 3.78. The van der Waals surface area contributed by atoms with Gasteiger partial charge >= 0.3 is 0 Å². The molecular formula is C31H36ClN3O2. The molecule has 0 aliphatic heterocycles. The fourth-order valence-electron chi connectivity index (χ4n) is 4.46. The number of ether oxygens (including phenoxy) is 1. The van der Waals surface area contributed by atoms with Crippen LogP contribution >= 0.6 is 11.6 Å². The molecule has 4 rings (SSSR count). The first-order valence-corrected chi connectivity index (χ1v) is 13.7. The molecule has 0 atom stereocenters. The maximum absolute atomic E-state index is 12.1. The van der Waals surface area contributed by atoms with Crippen LogP contribution in [-0.4, -0.2) is 28.6 Å². The molecule has 0 bridgehead atoms. The third kappa shape index (κ3) is 8.64. The Labute approximate surface area is 224 Å². The lowest BCUT2D eigenvalue weighted by Crippen LogP contribution is -2.24. The monoisotopic (exact) mass is 517 g/mol. The lowest BCUT2D eigenvalue weighted by atomic mass is 10.1. The molecule has 1 heterocycles. The van der Waals surface area contributed by atoms with Gasteiger partial charge in [-0.15, -0.1) is 0 Å². The lowest BCUT2D eigenvalue weighted by molar-refractivity contribution is -0.121. The van der Waals surface area contributed by atoms with Crippen LogP contribution in [0.2, 0.25) is 5.02 Å². The van der Waals surface area contributed by atoms with E-state index in [-0.39, 0.29) is 5.91 Å². The molecule has 6 heteroatoms. The number of hydrogen-bond donors (Lipinski definition) is 1. The van der Waals surface area contributed by atoms with Gasteiger partial charge in [0.05, 0.1) is 17.6 Å². The maximum atomic E-state index is 12.1. The molecular weight excluding hydrogens is 482 g/mol. The molecule has 0 unspecified atom stereocenters.